The van der Waals surface area contributed by atoms with Crippen LogP contribution in [0.25, 0.3) is 5.65 Å². The van der Waals surface area contributed by atoms with Crippen molar-refractivity contribution >= 4 is 5.65 Å². The molecule has 0 amide bonds. The Balaban J connectivity index is 1.39. The van der Waals surface area contributed by atoms with Crippen molar-refractivity contribution in [3.05, 3.63) is 51.1 Å². The molecule has 2 aliphatic rings. The highest BCUT2D eigenvalue weighted by atomic mass is 16.7. The first-order chi connectivity index (χ1) is 14.6. The van der Waals surface area contributed by atoms with Crippen molar-refractivity contribution in [3.63, 3.8) is 0 Å². The molecule has 8 nitrogen and oxygen atoms in total. The zero-order valence-corrected chi connectivity index (χ0v) is 17.4. The summed E-state index contributed by atoms with van der Waals surface area (Å²) >= 11 is 0. The van der Waals surface area contributed by atoms with Gasteiger partial charge in [-0.3, -0.25) is 14.8 Å². The number of aryl methyl sites for hydroxylation is 1. The molecule has 0 atom stereocenters. The molecule has 1 N–H and O–H groups in total. The lowest BCUT2D eigenvalue weighted by Gasteiger charge is -2.21. The maximum Gasteiger partial charge on any atom is 0.276 e. The molecule has 8 heteroatoms. The standard InChI is InChI=1S/C22H26N4O4/c1-3-8-28-18-11-20-19(29-13-30-20)10-15(18)12-25-6-4-16-17(5-7-25)23-21-9-14(2)24-26(21)22(16)27/h9-11,24H,3-8,12-13H2,1-2H3. The van der Waals surface area contributed by atoms with Crippen LogP contribution in [-0.4, -0.2) is 46.0 Å². The Morgan fingerprint density at radius 2 is 1.97 bits per heavy atom. The summed E-state index contributed by atoms with van der Waals surface area (Å²) in [6, 6.07) is 5.86. The minimum absolute atomic E-state index is 0.0139. The number of aromatic nitrogens is 3. The van der Waals surface area contributed by atoms with Crippen LogP contribution in [-0.2, 0) is 19.4 Å². The number of hydrogen-bond acceptors (Lipinski definition) is 6. The Bertz CT molecular complexity index is 1150. The normalized spacial score (nSPS) is 15.9. The van der Waals surface area contributed by atoms with E-state index in [4.69, 9.17) is 19.2 Å². The van der Waals surface area contributed by atoms with Gasteiger partial charge in [0.2, 0.25) is 6.79 Å². The van der Waals surface area contributed by atoms with Gasteiger partial charge in [0.15, 0.2) is 17.1 Å². The van der Waals surface area contributed by atoms with Crippen LogP contribution in [0.2, 0.25) is 0 Å². The fourth-order valence-electron chi connectivity index (χ4n) is 4.16. The van der Waals surface area contributed by atoms with Gasteiger partial charge in [-0.25, -0.2) is 9.50 Å². The first-order valence-corrected chi connectivity index (χ1v) is 10.5. The highest BCUT2D eigenvalue weighted by Gasteiger charge is 2.23. The Labute approximate surface area is 174 Å². The third-order valence-corrected chi connectivity index (χ3v) is 5.68. The SMILES string of the molecule is CCCOc1cc2c(cc1CN1CCc3nc4cc(C)[nH]n4c(=O)c3CC1)OCO2. The van der Waals surface area contributed by atoms with Gasteiger partial charge >= 0.3 is 0 Å². The Kier molecular flexibility index (Phi) is 4.86. The fraction of sp³-hybridized carbons (Fsp3) is 0.455. The zero-order valence-electron chi connectivity index (χ0n) is 17.4. The van der Waals surface area contributed by atoms with Gasteiger partial charge in [-0.15, -0.1) is 0 Å². The number of ether oxygens (including phenoxy) is 3. The molecule has 30 heavy (non-hydrogen) atoms. The van der Waals surface area contributed by atoms with E-state index in [1.807, 2.05) is 25.1 Å². The van der Waals surface area contributed by atoms with E-state index in [1.54, 1.807) is 4.52 Å². The summed E-state index contributed by atoms with van der Waals surface area (Å²) in [5.41, 5.74) is 4.44. The van der Waals surface area contributed by atoms with Gasteiger partial charge < -0.3 is 14.2 Å². The van der Waals surface area contributed by atoms with E-state index in [0.29, 0.717) is 18.7 Å². The van der Waals surface area contributed by atoms with E-state index in [1.165, 1.54) is 0 Å². The summed E-state index contributed by atoms with van der Waals surface area (Å²) < 4.78 is 18.6. The molecular formula is C22H26N4O4. The molecule has 1 aromatic carbocycles. The number of fused-ring (bicyclic) bond motifs is 3. The van der Waals surface area contributed by atoms with Crippen LogP contribution >= 0.6 is 0 Å². The summed E-state index contributed by atoms with van der Waals surface area (Å²) in [6.45, 7) is 7.27. The van der Waals surface area contributed by atoms with Gasteiger partial charge in [-0.1, -0.05) is 6.92 Å². The molecule has 0 bridgehead atoms. The van der Waals surface area contributed by atoms with Gasteiger partial charge in [0.1, 0.15) is 5.75 Å². The Morgan fingerprint density at radius 3 is 2.80 bits per heavy atom. The highest BCUT2D eigenvalue weighted by molar-refractivity contribution is 5.52. The van der Waals surface area contributed by atoms with E-state index in [0.717, 1.165) is 72.2 Å². The average molecular weight is 410 g/mol. The molecule has 4 heterocycles. The molecule has 158 valence electrons. The topological polar surface area (TPSA) is 81.1 Å². The van der Waals surface area contributed by atoms with Gasteiger partial charge in [0.05, 0.1) is 12.3 Å². The summed E-state index contributed by atoms with van der Waals surface area (Å²) in [5.74, 6) is 2.33. The van der Waals surface area contributed by atoms with Gasteiger partial charge in [0, 0.05) is 55.0 Å². The molecule has 0 aliphatic carbocycles. The van der Waals surface area contributed by atoms with Crippen molar-refractivity contribution in [1.29, 1.82) is 0 Å². The maximum absolute atomic E-state index is 12.9. The first kappa shape index (κ1) is 19.0. The number of nitrogens with zero attached hydrogens (tertiary/aromatic N) is 3. The summed E-state index contributed by atoms with van der Waals surface area (Å²) in [6.07, 6.45) is 2.37. The second-order valence-corrected chi connectivity index (χ2v) is 7.91. The van der Waals surface area contributed by atoms with Crippen molar-refractivity contribution in [3.8, 4) is 17.2 Å². The lowest BCUT2D eigenvalue weighted by Crippen LogP contribution is -2.27. The number of rotatable bonds is 5. The molecule has 0 fully saturated rings. The Morgan fingerprint density at radius 1 is 1.17 bits per heavy atom. The predicted octanol–water partition coefficient (Wildman–Crippen LogP) is 2.45. The minimum Gasteiger partial charge on any atom is -0.493 e. The zero-order chi connectivity index (χ0) is 20.7. The molecule has 0 radical (unpaired) electrons. The molecule has 0 saturated heterocycles. The van der Waals surface area contributed by atoms with E-state index in [-0.39, 0.29) is 12.4 Å². The molecule has 0 unspecified atom stereocenters. The monoisotopic (exact) mass is 410 g/mol. The van der Waals surface area contributed by atoms with Crippen molar-refractivity contribution in [2.75, 3.05) is 26.5 Å². The number of aromatic amines is 1. The fourth-order valence-corrected chi connectivity index (χ4v) is 4.16. The summed E-state index contributed by atoms with van der Waals surface area (Å²) in [5, 5.41) is 3.08. The average Bonchev–Trinajstić information content (AvgIpc) is 3.28. The van der Waals surface area contributed by atoms with Crippen LogP contribution < -0.4 is 19.8 Å². The van der Waals surface area contributed by atoms with Crippen molar-refractivity contribution < 1.29 is 14.2 Å². The predicted molar refractivity (Wildman–Crippen MR) is 112 cm³/mol. The summed E-state index contributed by atoms with van der Waals surface area (Å²) in [7, 11) is 0. The molecule has 3 aromatic rings. The Hall–Kier alpha value is -3.00. The number of benzene rings is 1. The third-order valence-electron chi connectivity index (χ3n) is 5.68. The largest absolute Gasteiger partial charge is 0.493 e. The van der Waals surface area contributed by atoms with Gasteiger partial charge in [0.25, 0.3) is 5.56 Å². The van der Waals surface area contributed by atoms with E-state index in [2.05, 4.69) is 16.9 Å². The first-order valence-electron chi connectivity index (χ1n) is 10.5. The second kappa shape index (κ2) is 7.68. The smallest absolute Gasteiger partial charge is 0.276 e. The van der Waals surface area contributed by atoms with Crippen molar-refractivity contribution in [1.82, 2.24) is 19.5 Å². The van der Waals surface area contributed by atoms with E-state index < -0.39 is 0 Å². The van der Waals surface area contributed by atoms with Crippen molar-refractivity contribution in [2.45, 2.75) is 39.7 Å². The number of hydrogen-bond donors (Lipinski definition) is 1. The van der Waals surface area contributed by atoms with Crippen LogP contribution in [0, 0.1) is 6.92 Å². The quantitative estimate of drug-likeness (QED) is 0.696. The molecule has 2 aromatic heterocycles. The van der Waals surface area contributed by atoms with Crippen molar-refractivity contribution in [2.24, 2.45) is 0 Å². The molecule has 0 spiro atoms. The van der Waals surface area contributed by atoms with Crippen LogP contribution in [0.15, 0.2) is 23.0 Å². The summed E-state index contributed by atoms with van der Waals surface area (Å²) in [4.78, 5) is 20.0. The van der Waals surface area contributed by atoms with Crippen LogP contribution in [0.4, 0.5) is 0 Å². The van der Waals surface area contributed by atoms with Crippen LogP contribution in [0.1, 0.15) is 35.9 Å². The van der Waals surface area contributed by atoms with E-state index >= 15 is 0 Å². The van der Waals surface area contributed by atoms with E-state index in [9.17, 15) is 4.79 Å². The molecule has 5 rings (SSSR count). The lowest BCUT2D eigenvalue weighted by atomic mass is 10.1. The van der Waals surface area contributed by atoms with Crippen LogP contribution in [0.3, 0.4) is 0 Å². The highest BCUT2D eigenvalue weighted by Crippen LogP contribution is 2.38. The molecule has 0 saturated carbocycles. The number of H-pyrrole nitrogens is 1. The minimum atomic E-state index is 0.0139. The molecule has 2 aliphatic heterocycles. The number of nitrogens with one attached hydrogen (secondary N) is 1. The third kappa shape index (κ3) is 3.41. The molecular weight excluding hydrogens is 384 g/mol. The lowest BCUT2D eigenvalue weighted by molar-refractivity contribution is 0.173. The maximum atomic E-state index is 12.9. The van der Waals surface area contributed by atoms with Gasteiger partial charge in [-0.05, 0) is 25.8 Å². The van der Waals surface area contributed by atoms with Gasteiger partial charge in [-0.2, -0.15) is 0 Å². The van der Waals surface area contributed by atoms with Crippen LogP contribution in [0.5, 0.6) is 17.2 Å². The second-order valence-electron chi connectivity index (χ2n) is 7.91.